The fraction of sp³-hybridized carbons (Fsp3) is 0.722. The van der Waals surface area contributed by atoms with Crippen LogP contribution >= 0.6 is 11.6 Å². The number of nitrogens with one attached hydrogen (secondary N) is 2. The lowest BCUT2D eigenvalue weighted by Gasteiger charge is -2.26. The summed E-state index contributed by atoms with van der Waals surface area (Å²) < 4.78 is 18.3. The monoisotopic (exact) mass is 398 g/mol. The van der Waals surface area contributed by atoms with Gasteiger partial charge in [0.25, 0.3) is 0 Å². The maximum absolute atomic E-state index is 10.9. The van der Waals surface area contributed by atoms with E-state index in [1.807, 2.05) is 34.6 Å². The third kappa shape index (κ3) is 4.68. The zero-order valence-electron chi connectivity index (χ0n) is 16.3. The third-order valence-corrected chi connectivity index (χ3v) is 4.92. The Labute approximate surface area is 164 Å². The molecule has 2 fully saturated rings. The van der Waals surface area contributed by atoms with Crippen LogP contribution in [-0.2, 0) is 19.0 Å². The van der Waals surface area contributed by atoms with Crippen LogP contribution in [0.1, 0.15) is 41.0 Å². The van der Waals surface area contributed by atoms with Gasteiger partial charge < -0.3 is 24.8 Å². The minimum Gasteiger partial charge on any atom is -0.375 e. The highest BCUT2D eigenvalue weighted by molar-refractivity contribution is 6.32. The van der Waals surface area contributed by atoms with Gasteiger partial charge >= 0.3 is 0 Å². The quantitative estimate of drug-likeness (QED) is 0.562. The van der Waals surface area contributed by atoms with Gasteiger partial charge in [-0.25, -0.2) is 9.97 Å². The van der Waals surface area contributed by atoms with E-state index in [0.29, 0.717) is 24.5 Å². The molecule has 2 heterocycles. The molecule has 9 heteroatoms. The Bertz CT molecular complexity index is 694. The van der Waals surface area contributed by atoms with Crippen molar-refractivity contribution < 1.29 is 19.0 Å². The van der Waals surface area contributed by atoms with Crippen LogP contribution in [0.3, 0.4) is 0 Å². The van der Waals surface area contributed by atoms with Crippen LogP contribution in [0.2, 0.25) is 5.15 Å². The molecule has 1 saturated carbocycles. The third-order valence-electron chi connectivity index (χ3n) is 4.64. The van der Waals surface area contributed by atoms with E-state index in [0.717, 1.165) is 6.42 Å². The average molecular weight is 399 g/mol. The van der Waals surface area contributed by atoms with Crippen molar-refractivity contribution in [2.45, 2.75) is 70.7 Å². The summed E-state index contributed by atoms with van der Waals surface area (Å²) in [5.41, 5.74) is 0.121. The number of fused-ring (bicyclic) bond motifs is 1. The minimum absolute atomic E-state index is 0.0662. The molecule has 0 spiro atoms. The molecule has 0 aromatic carbocycles. The van der Waals surface area contributed by atoms with Gasteiger partial charge in [-0.2, -0.15) is 0 Å². The second-order valence-corrected chi connectivity index (χ2v) is 8.74. The van der Waals surface area contributed by atoms with Crippen LogP contribution in [0.5, 0.6) is 0 Å². The Morgan fingerprint density at radius 3 is 2.70 bits per heavy atom. The van der Waals surface area contributed by atoms with Crippen LogP contribution in [0.25, 0.3) is 0 Å². The topological polar surface area (TPSA) is 94.6 Å². The molecule has 2 N–H and O–H groups in total. The highest BCUT2D eigenvalue weighted by Gasteiger charge is 2.54. The molecular weight excluding hydrogens is 372 g/mol. The zero-order valence-corrected chi connectivity index (χ0v) is 17.0. The summed E-state index contributed by atoms with van der Waals surface area (Å²) in [6.07, 6.45) is 2.43. The van der Waals surface area contributed by atoms with Crippen molar-refractivity contribution in [1.82, 2.24) is 9.97 Å². The zero-order chi connectivity index (χ0) is 19.8. The van der Waals surface area contributed by atoms with Crippen molar-refractivity contribution in [2.24, 2.45) is 5.92 Å². The van der Waals surface area contributed by atoms with E-state index < -0.39 is 5.79 Å². The lowest BCUT2D eigenvalue weighted by atomic mass is 10.1. The average Bonchev–Trinajstić information content (AvgIpc) is 3.02. The van der Waals surface area contributed by atoms with Gasteiger partial charge in [0.15, 0.2) is 16.8 Å². The number of nitrogens with zero attached hydrogens (tertiary/aromatic N) is 2. The molecule has 2 aliphatic rings. The Balaban J connectivity index is 1.79. The number of carbonyl (C=O) groups excluding carboxylic acids is 1. The highest BCUT2D eigenvalue weighted by atomic mass is 35.5. The van der Waals surface area contributed by atoms with Crippen molar-refractivity contribution in [1.29, 1.82) is 0 Å². The van der Waals surface area contributed by atoms with Crippen LogP contribution in [0.15, 0.2) is 6.33 Å². The number of ether oxygens (including phenoxy) is 3. The number of amides is 1. The van der Waals surface area contributed by atoms with Gasteiger partial charge in [0.1, 0.15) is 18.1 Å². The minimum atomic E-state index is -0.664. The van der Waals surface area contributed by atoms with Crippen LogP contribution in [0.4, 0.5) is 11.5 Å². The first kappa shape index (κ1) is 20.3. The Morgan fingerprint density at radius 1 is 1.33 bits per heavy atom. The fourth-order valence-electron chi connectivity index (χ4n) is 3.58. The smallest absolute Gasteiger partial charge is 0.211 e. The Kier molecular flexibility index (Phi) is 5.63. The van der Waals surface area contributed by atoms with Crippen molar-refractivity contribution in [3.63, 3.8) is 0 Å². The summed E-state index contributed by atoms with van der Waals surface area (Å²) in [5.74, 6) is -0.0344. The number of halogens is 1. The molecule has 150 valence electrons. The molecule has 1 aliphatic heterocycles. The Morgan fingerprint density at radius 2 is 2.04 bits per heavy atom. The summed E-state index contributed by atoms with van der Waals surface area (Å²) in [6.45, 7) is 10.5. The molecule has 8 nitrogen and oxygen atoms in total. The standard InChI is InChI=1S/C18H27ClN4O4/c1-17(2,3)25-7-10-6-11(14-13(10)26-18(4,5)27-14)23-16-12(22-9-24)15(19)20-8-21-16/h8-11,13-14H,6-7H2,1-5H3,(H,22,24)(H,20,21,23)/t10-,11-,13-,14+/m0/s1. The normalized spacial score (nSPS) is 29.4. The SMILES string of the molecule is CC(C)(C)OC[C@@H]1C[C@H](Nc2ncnc(Cl)c2NC=O)[C@H]2OC(C)(C)O[C@@H]12. The number of carbonyl (C=O) groups is 1. The molecule has 1 aromatic heterocycles. The van der Waals surface area contributed by atoms with E-state index in [2.05, 4.69) is 20.6 Å². The van der Waals surface area contributed by atoms with E-state index in [9.17, 15) is 4.79 Å². The first-order valence-electron chi connectivity index (χ1n) is 9.06. The number of hydrogen-bond donors (Lipinski definition) is 2. The summed E-state index contributed by atoms with van der Waals surface area (Å²) >= 11 is 6.09. The van der Waals surface area contributed by atoms with Crippen LogP contribution in [-0.4, -0.2) is 52.6 Å². The van der Waals surface area contributed by atoms with Crippen LogP contribution in [0, 0.1) is 5.92 Å². The Hall–Kier alpha value is -1.48. The van der Waals surface area contributed by atoms with E-state index in [4.69, 9.17) is 25.8 Å². The van der Waals surface area contributed by atoms with Gasteiger partial charge in [-0.15, -0.1) is 0 Å². The van der Waals surface area contributed by atoms with Gasteiger partial charge in [0.05, 0.1) is 24.4 Å². The molecule has 1 aliphatic carbocycles. The molecule has 0 unspecified atom stereocenters. The second kappa shape index (κ2) is 7.50. The predicted octanol–water partition coefficient (Wildman–Crippen LogP) is 2.83. The summed E-state index contributed by atoms with van der Waals surface area (Å²) in [7, 11) is 0. The summed E-state index contributed by atoms with van der Waals surface area (Å²) in [5, 5.41) is 6.08. The van der Waals surface area contributed by atoms with Crippen molar-refractivity contribution >= 4 is 29.5 Å². The number of hydrogen-bond acceptors (Lipinski definition) is 7. The van der Waals surface area contributed by atoms with E-state index in [-0.39, 0.29) is 34.9 Å². The molecule has 1 amide bonds. The maximum Gasteiger partial charge on any atom is 0.211 e. The largest absolute Gasteiger partial charge is 0.375 e. The maximum atomic E-state index is 10.9. The molecule has 3 rings (SSSR count). The molecule has 27 heavy (non-hydrogen) atoms. The van der Waals surface area contributed by atoms with Gasteiger partial charge in [-0.3, -0.25) is 4.79 Å². The fourth-order valence-corrected chi connectivity index (χ4v) is 3.77. The molecular formula is C18H27ClN4O4. The van der Waals surface area contributed by atoms with E-state index in [1.165, 1.54) is 6.33 Å². The van der Waals surface area contributed by atoms with E-state index >= 15 is 0 Å². The van der Waals surface area contributed by atoms with Crippen molar-refractivity contribution in [3.05, 3.63) is 11.5 Å². The summed E-state index contributed by atoms with van der Waals surface area (Å²) in [6, 6.07) is -0.0662. The first-order chi connectivity index (χ1) is 12.6. The van der Waals surface area contributed by atoms with E-state index in [1.54, 1.807) is 0 Å². The number of anilines is 2. The molecule has 1 aromatic rings. The predicted molar refractivity (Wildman–Crippen MR) is 102 cm³/mol. The van der Waals surface area contributed by atoms with Crippen LogP contribution < -0.4 is 10.6 Å². The number of rotatable bonds is 6. The number of aromatic nitrogens is 2. The lowest BCUT2D eigenvalue weighted by Crippen LogP contribution is -2.35. The van der Waals surface area contributed by atoms with Gasteiger partial charge in [0, 0.05) is 5.92 Å². The summed E-state index contributed by atoms with van der Waals surface area (Å²) in [4.78, 5) is 19.0. The van der Waals surface area contributed by atoms with Crippen molar-refractivity contribution in [3.8, 4) is 0 Å². The van der Waals surface area contributed by atoms with Crippen molar-refractivity contribution in [2.75, 3.05) is 17.2 Å². The van der Waals surface area contributed by atoms with Gasteiger partial charge in [-0.1, -0.05) is 11.6 Å². The molecule has 4 atom stereocenters. The molecule has 0 bridgehead atoms. The van der Waals surface area contributed by atoms with Gasteiger partial charge in [0.2, 0.25) is 6.41 Å². The highest BCUT2D eigenvalue weighted by Crippen LogP contribution is 2.43. The van der Waals surface area contributed by atoms with Gasteiger partial charge in [-0.05, 0) is 41.0 Å². The first-order valence-corrected chi connectivity index (χ1v) is 9.44. The second-order valence-electron chi connectivity index (χ2n) is 8.39. The molecule has 0 radical (unpaired) electrons. The molecule has 1 saturated heterocycles. The lowest BCUT2D eigenvalue weighted by molar-refractivity contribution is -0.161.